The molecule has 2 N–H and O–H groups in total. The predicted molar refractivity (Wildman–Crippen MR) is 63.7 cm³/mol. The molecule has 2 aromatic rings. The molecule has 2 rings (SSSR count). The monoisotopic (exact) mass is 249 g/mol. The number of nitrogens with one attached hydrogen (secondary N) is 1. The molecule has 0 aliphatic heterocycles. The highest BCUT2D eigenvalue weighted by Crippen LogP contribution is 2.25. The van der Waals surface area contributed by atoms with Gasteiger partial charge in [-0.15, -0.1) is 5.10 Å². The summed E-state index contributed by atoms with van der Waals surface area (Å²) >= 11 is 5.95. The van der Waals surface area contributed by atoms with E-state index in [4.69, 9.17) is 16.7 Å². The second-order valence-corrected chi connectivity index (χ2v) is 3.61. The van der Waals surface area contributed by atoms with Crippen molar-refractivity contribution >= 4 is 29.1 Å². The molecular formula is C11H8ClN3O2. The third-order valence-electron chi connectivity index (χ3n) is 2.08. The van der Waals surface area contributed by atoms with Gasteiger partial charge >= 0.3 is 5.97 Å². The smallest absolute Gasteiger partial charge is 0.339 e. The van der Waals surface area contributed by atoms with E-state index in [1.165, 1.54) is 12.3 Å². The van der Waals surface area contributed by atoms with Gasteiger partial charge in [-0.25, -0.2) is 4.79 Å². The molecule has 0 amide bonds. The first kappa shape index (κ1) is 11.3. The number of carboxylic acids is 1. The Labute approximate surface area is 102 Å². The average Bonchev–Trinajstić information content (AvgIpc) is 2.32. The second-order valence-electron chi connectivity index (χ2n) is 3.20. The van der Waals surface area contributed by atoms with Crippen LogP contribution in [0, 0.1) is 0 Å². The summed E-state index contributed by atoms with van der Waals surface area (Å²) < 4.78 is 0. The molecule has 0 saturated heterocycles. The van der Waals surface area contributed by atoms with E-state index in [0.29, 0.717) is 10.7 Å². The van der Waals surface area contributed by atoms with Crippen LogP contribution in [0.1, 0.15) is 10.4 Å². The first-order chi connectivity index (χ1) is 8.18. The fourth-order valence-electron chi connectivity index (χ4n) is 1.29. The van der Waals surface area contributed by atoms with Crippen LogP contribution in [0.4, 0.5) is 11.5 Å². The first-order valence-electron chi connectivity index (χ1n) is 4.75. The molecule has 0 aliphatic rings. The van der Waals surface area contributed by atoms with Gasteiger partial charge in [-0.2, -0.15) is 5.10 Å². The Kier molecular flexibility index (Phi) is 3.20. The number of para-hydroxylation sites is 1. The van der Waals surface area contributed by atoms with Crippen LogP contribution in [0.2, 0.25) is 5.02 Å². The van der Waals surface area contributed by atoms with Crippen molar-refractivity contribution in [3.05, 3.63) is 47.1 Å². The van der Waals surface area contributed by atoms with Crippen LogP contribution in [-0.4, -0.2) is 21.3 Å². The standard InChI is InChI=1S/C11H8ClN3O2/c12-8-3-1-2-4-9(8)14-10-7(11(16)17)5-6-13-15-10/h1-6H,(H,14,15)(H,16,17). The number of carboxylic acid groups (broad SMARTS) is 1. The summed E-state index contributed by atoms with van der Waals surface area (Å²) in [4.78, 5) is 11.0. The van der Waals surface area contributed by atoms with Crippen LogP contribution in [0.15, 0.2) is 36.5 Å². The molecule has 17 heavy (non-hydrogen) atoms. The van der Waals surface area contributed by atoms with Gasteiger partial charge in [-0.05, 0) is 18.2 Å². The Balaban J connectivity index is 2.37. The van der Waals surface area contributed by atoms with Crippen LogP contribution in [0.5, 0.6) is 0 Å². The summed E-state index contributed by atoms with van der Waals surface area (Å²) in [5.41, 5.74) is 0.622. The maximum absolute atomic E-state index is 11.0. The van der Waals surface area contributed by atoms with E-state index in [9.17, 15) is 4.79 Å². The number of aromatic nitrogens is 2. The van der Waals surface area contributed by atoms with Crippen LogP contribution >= 0.6 is 11.6 Å². The lowest BCUT2D eigenvalue weighted by atomic mass is 10.2. The number of nitrogens with zero attached hydrogens (tertiary/aromatic N) is 2. The van der Waals surface area contributed by atoms with Gasteiger partial charge in [0.25, 0.3) is 0 Å². The summed E-state index contributed by atoms with van der Waals surface area (Å²) in [6, 6.07) is 8.35. The lowest BCUT2D eigenvalue weighted by Crippen LogP contribution is -2.05. The van der Waals surface area contributed by atoms with Gasteiger partial charge in [0.15, 0.2) is 5.82 Å². The molecule has 0 spiro atoms. The van der Waals surface area contributed by atoms with Crippen molar-refractivity contribution in [2.24, 2.45) is 0 Å². The number of aromatic carboxylic acids is 1. The van der Waals surface area contributed by atoms with Gasteiger partial charge in [0, 0.05) is 0 Å². The van der Waals surface area contributed by atoms with E-state index in [2.05, 4.69) is 15.5 Å². The topological polar surface area (TPSA) is 75.1 Å². The molecule has 6 heteroatoms. The Bertz CT molecular complexity index is 560. The zero-order valence-electron chi connectivity index (χ0n) is 8.59. The summed E-state index contributed by atoms with van der Waals surface area (Å²) in [5, 5.41) is 19.7. The molecular weight excluding hydrogens is 242 g/mol. The molecule has 0 bridgehead atoms. The fourth-order valence-corrected chi connectivity index (χ4v) is 1.47. The van der Waals surface area contributed by atoms with Crippen molar-refractivity contribution in [2.75, 3.05) is 5.32 Å². The van der Waals surface area contributed by atoms with Gasteiger partial charge in [0.05, 0.1) is 16.9 Å². The normalized spacial score (nSPS) is 9.94. The van der Waals surface area contributed by atoms with Crippen LogP contribution in [0.25, 0.3) is 0 Å². The molecule has 1 heterocycles. The van der Waals surface area contributed by atoms with E-state index in [1.54, 1.807) is 24.3 Å². The van der Waals surface area contributed by atoms with E-state index in [1.807, 2.05) is 0 Å². The molecule has 86 valence electrons. The Morgan fingerprint density at radius 1 is 1.29 bits per heavy atom. The highest BCUT2D eigenvalue weighted by molar-refractivity contribution is 6.33. The Hall–Kier alpha value is -2.14. The zero-order valence-corrected chi connectivity index (χ0v) is 9.35. The summed E-state index contributed by atoms with van der Waals surface area (Å²) in [5.74, 6) is -0.914. The van der Waals surface area contributed by atoms with E-state index >= 15 is 0 Å². The molecule has 0 radical (unpaired) electrons. The largest absolute Gasteiger partial charge is 0.478 e. The SMILES string of the molecule is O=C(O)c1ccnnc1Nc1ccccc1Cl. The third kappa shape index (κ3) is 2.51. The van der Waals surface area contributed by atoms with E-state index < -0.39 is 5.97 Å². The van der Waals surface area contributed by atoms with Crippen molar-refractivity contribution in [3.8, 4) is 0 Å². The number of benzene rings is 1. The van der Waals surface area contributed by atoms with E-state index in [-0.39, 0.29) is 11.4 Å². The molecule has 0 fully saturated rings. The summed E-state index contributed by atoms with van der Waals surface area (Å²) in [6.45, 7) is 0. The zero-order chi connectivity index (χ0) is 12.3. The minimum atomic E-state index is -1.07. The van der Waals surface area contributed by atoms with Gasteiger partial charge in [0.2, 0.25) is 0 Å². The number of rotatable bonds is 3. The maximum atomic E-state index is 11.0. The predicted octanol–water partition coefficient (Wildman–Crippen LogP) is 2.57. The number of hydrogen-bond acceptors (Lipinski definition) is 4. The minimum Gasteiger partial charge on any atom is -0.478 e. The first-order valence-corrected chi connectivity index (χ1v) is 5.13. The molecule has 1 aromatic carbocycles. The maximum Gasteiger partial charge on any atom is 0.339 e. The van der Waals surface area contributed by atoms with Crippen LogP contribution in [0.3, 0.4) is 0 Å². The highest BCUT2D eigenvalue weighted by atomic mass is 35.5. The molecule has 0 aliphatic carbocycles. The Morgan fingerprint density at radius 3 is 2.76 bits per heavy atom. The average molecular weight is 250 g/mol. The fraction of sp³-hybridized carbons (Fsp3) is 0. The van der Waals surface area contributed by atoms with Crippen molar-refractivity contribution < 1.29 is 9.90 Å². The summed E-state index contributed by atoms with van der Waals surface area (Å²) in [6.07, 6.45) is 1.32. The van der Waals surface area contributed by atoms with Gasteiger partial charge in [-0.1, -0.05) is 23.7 Å². The van der Waals surface area contributed by atoms with Crippen LogP contribution < -0.4 is 5.32 Å². The molecule has 1 aromatic heterocycles. The molecule has 5 nitrogen and oxygen atoms in total. The molecule has 0 atom stereocenters. The van der Waals surface area contributed by atoms with Gasteiger partial charge in [-0.3, -0.25) is 0 Å². The Morgan fingerprint density at radius 2 is 2.06 bits per heavy atom. The number of halogens is 1. The van der Waals surface area contributed by atoms with Crippen molar-refractivity contribution in [3.63, 3.8) is 0 Å². The van der Waals surface area contributed by atoms with Gasteiger partial charge in [0.1, 0.15) is 5.56 Å². The number of anilines is 2. The van der Waals surface area contributed by atoms with Crippen molar-refractivity contribution in [1.29, 1.82) is 0 Å². The lowest BCUT2D eigenvalue weighted by Gasteiger charge is -2.08. The molecule has 0 saturated carbocycles. The lowest BCUT2D eigenvalue weighted by molar-refractivity contribution is 0.0697. The van der Waals surface area contributed by atoms with Crippen LogP contribution in [-0.2, 0) is 0 Å². The summed E-state index contributed by atoms with van der Waals surface area (Å²) in [7, 11) is 0. The highest BCUT2D eigenvalue weighted by Gasteiger charge is 2.12. The third-order valence-corrected chi connectivity index (χ3v) is 2.41. The number of hydrogen-bond donors (Lipinski definition) is 2. The minimum absolute atomic E-state index is 0.0416. The van der Waals surface area contributed by atoms with Crippen molar-refractivity contribution in [2.45, 2.75) is 0 Å². The quantitative estimate of drug-likeness (QED) is 0.874. The second kappa shape index (κ2) is 4.80. The van der Waals surface area contributed by atoms with E-state index in [0.717, 1.165) is 0 Å². The van der Waals surface area contributed by atoms with Gasteiger partial charge < -0.3 is 10.4 Å². The number of carbonyl (C=O) groups is 1. The molecule has 0 unspecified atom stereocenters. The van der Waals surface area contributed by atoms with Crippen molar-refractivity contribution in [1.82, 2.24) is 10.2 Å².